The highest BCUT2D eigenvalue weighted by Crippen LogP contribution is 2.38. The Labute approximate surface area is 212 Å². The van der Waals surface area contributed by atoms with Crippen molar-refractivity contribution in [2.45, 2.75) is 64.3 Å². The van der Waals surface area contributed by atoms with Crippen molar-refractivity contribution in [1.82, 2.24) is 19.8 Å². The van der Waals surface area contributed by atoms with E-state index in [9.17, 15) is 9.18 Å². The van der Waals surface area contributed by atoms with E-state index in [2.05, 4.69) is 21.7 Å². The number of nitrogens with one attached hydrogen (secondary N) is 1. The molecule has 1 atom stereocenters. The van der Waals surface area contributed by atoms with E-state index in [1.807, 2.05) is 12.4 Å². The second-order valence-corrected chi connectivity index (χ2v) is 10.5. The van der Waals surface area contributed by atoms with Crippen LogP contribution >= 0.6 is 0 Å². The number of hydrogen-bond donors (Lipinski definition) is 1. The quantitative estimate of drug-likeness (QED) is 0.375. The summed E-state index contributed by atoms with van der Waals surface area (Å²) < 4.78 is 21.9. The third-order valence-electron chi connectivity index (χ3n) is 7.62. The summed E-state index contributed by atoms with van der Waals surface area (Å²) in [5.41, 5.74) is 2.43. The fourth-order valence-electron chi connectivity index (χ4n) is 5.73. The van der Waals surface area contributed by atoms with Crippen LogP contribution in [0.15, 0.2) is 47.1 Å². The Morgan fingerprint density at radius 3 is 2.67 bits per heavy atom. The predicted octanol–water partition coefficient (Wildman–Crippen LogP) is 6.31. The number of carbonyl (C=O) groups excluding carboxylic acids is 1. The molecule has 3 aromatic rings. The number of hydrogen-bond acceptors (Lipinski definition) is 4. The number of carbonyl (C=O) groups is 1. The van der Waals surface area contributed by atoms with Crippen molar-refractivity contribution in [1.29, 1.82) is 0 Å². The lowest BCUT2D eigenvalue weighted by atomic mass is 9.95. The van der Waals surface area contributed by atoms with Crippen molar-refractivity contribution >= 4 is 5.91 Å². The first-order valence-electron chi connectivity index (χ1n) is 13.5. The van der Waals surface area contributed by atoms with Gasteiger partial charge in [-0.2, -0.15) is 0 Å². The molecule has 3 heterocycles. The number of furan rings is 1. The van der Waals surface area contributed by atoms with Gasteiger partial charge in [0.25, 0.3) is 5.91 Å². The average Bonchev–Trinajstić information content (AvgIpc) is 3.55. The van der Waals surface area contributed by atoms with Crippen molar-refractivity contribution in [2.75, 3.05) is 26.2 Å². The molecule has 2 aliphatic rings. The van der Waals surface area contributed by atoms with Gasteiger partial charge in [-0.15, -0.1) is 0 Å². The van der Waals surface area contributed by atoms with E-state index >= 15 is 0 Å². The Kier molecular flexibility index (Phi) is 7.85. The van der Waals surface area contributed by atoms with Crippen LogP contribution in [0.25, 0.3) is 22.7 Å². The van der Waals surface area contributed by atoms with Gasteiger partial charge >= 0.3 is 0 Å². The summed E-state index contributed by atoms with van der Waals surface area (Å²) in [6, 6.07) is 10.3. The van der Waals surface area contributed by atoms with Gasteiger partial charge in [0, 0.05) is 24.7 Å². The topological polar surface area (TPSA) is 63.3 Å². The van der Waals surface area contributed by atoms with Gasteiger partial charge in [0.05, 0.1) is 12.0 Å². The maximum absolute atomic E-state index is 13.6. The number of aromatic nitrogens is 2. The highest BCUT2D eigenvalue weighted by molar-refractivity contribution is 5.92. The molecule has 1 aliphatic carbocycles. The standard InChI is InChI=1S/C29H37FN4O2/c1-21-7-5-17-33(19-21)18-6-16-31-29(35)26-15-14-25(36-26)28-27(22-10-12-23(30)13-11-22)32-20-34(28)24-8-3-2-4-9-24/h10-15,20-21,24H,2-9,16-19H2,1H3,(H,31,35). The lowest BCUT2D eigenvalue weighted by Gasteiger charge is -2.30. The molecule has 36 heavy (non-hydrogen) atoms. The van der Waals surface area contributed by atoms with Gasteiger partial charge < -0.3 is 19.2 Å². The average molecular weight is 493 g/mol. The van der Waals surface area contributed by atoms with Gasteiger partial charge in [-0.25, -0.2) is 9.37 Å². The molecule has 1 saturated carbocycles. The zero-order chi connectivity index (χ0) is 24.9. The summed E-state index contributed by atoms with van der Waals surface area (Å²) in [6.07, 6.45) is 11.2. The molecule has 1 saturated heterocycles. The Hall–Kier alpha value is -2.93. The molecule has 0 radical (unpaired) electrons. The minimum atomic E-state index is -0.279. The molecular formula is C29H37FN4O2. The minimum Gasteiger partial charge on any atom is -0.449 e. The van der Waals surface area contributed by atoms with E-state index in [0.717, 1.165) is 61.8 Å². The first-order chi connectivity index (χ1) is 17.6. The fraction of sp³-hybridized carbons (Fsp3) is 0.517. The number of piperidine rings is 1. The van der Waals surface area contributed by atoms with Crippen molar-refractivity contribution in [2.24, 2.45) is 5.92 Å². The van der Waals surface area contributed by atoms with Gasteiger partial charge in [-0.05, 0) is 87.5 Å². The molecular weight excluding hydrogens is 455 g/mol. The van der Waals surface area contributed by atoms with Crippen LogP contribution in [0.2, 0.25) is 0 Å². The third kappa shape index (κ3) is 5.72. The molecule has 5 rings (SSSR count). The van der Waals surface area contributed by atoms with Gasteiger partial charge in [0.15, 0.2) is 11.5 Å². The molecule has 1 N–H and O–H groups in total. The number of halogens is 1. The highest BCUT2D eigenvalue weighted by atomic mass is 19.1. The number of benzene rings is 1. The molecule has 7 heteroatoms. The van der Waals surface area contributed by atoms with Crippen LogP contribution in [0.5, 0.6) is 0 Å². The number of likely N-dealkylation sites (tertiary alicyclic amines) is 1. The van der Waals surface area contributed by atoms with E-state index < -0.39 is 0 Å². The highest BCUT2D eigenvalue weighted by Gasteiger charge is 2.25. The van der Waals surface area contributed by atoms with Crippen LogP contribution in [0.3, 0.4) is 0 Å². The van der Waals surface area contributed by atoms with Gasteiger partial charge in [0.2, 0.25) is 0 Å². The Morgan fingerprint density at radius 1 is 1.08 bits per heavy atom. The van der Waals surface area contributed by atoms with E-state index in [4.69, 9.17) is 9.40 Å². The summed E-state index contributed by atoms with van der Waals surface area (Å²) in [6.45, 7) is 6.26. The summed E-state index contributed by atoms with van der Waals surface area (Å²) in [5.74, 6) is 1.21. The second-order valence-electron chi connectivity index (χ2n) is 10.5. The van der Waals surface area contributed by atoms with Crippen LogP contribution in [0.4, 0.5) is 4.39 Å². The van der Waals surface area contributed by atoms with Crippen LogP contribution in [-0.4, -0.2) is 46.5 Å². The lowest BCUT2D eigenvalue weighted by Crippen LogP contribution is -2.36. The lowest BCUT2D eigenvalue weighted by molar-refractivity contribution is 0.0923. The Morgan fingerprint density at radius 2 is 1.89 bits per heavy atom. The first-order valence-corrected chi connectivity index (χ1v) is 13.5. The van der Waals surface area contributed by atoms with Crippen LogP contribution in [0, 0.1) is 11.7 Å². The molecule has 1 unspecified atom stereocenters. The molecule has 2 fully saturated rings. The molecule has 0 bridgehead atoms. The molecule has 0 spiro atoms. The number of rotatable bonds is 8. The number of imidazole rings is 1. The molecule has 1 aliphatic heterocycles. The maximum atomic E-state index is 13.6. The smallest absolute Gasteiger partial charge is 0.287 e. The van der Waals surface area contributed by atoms with Gasteiger partial charge in [0.1, 0.15) is 11.5 Å². The second kappa shape index (κ2) is 11.4. The zero-order valence-corrected chi connectivity index (χ0v) is 21.2. The molecule has 1 aromatic carbocycles. The molecule has 6 nitrogen and oxygen atoms in total. The summed E-state index contributed by atoms with van der Waals surface area (Å²) in [5, 5.41) is 3.02. The monoisotopic (exact) mass is 492 g/mol. The minimum absolute atomic E-state index is 0.194. The first kappa shape index (κ1) is 24.8. The van der Waals surface area contributed by atoms with Crippen LogP contribution in [0.1, 0.15) is 74.9 Å². The molecule has 1 amide bonds. The van der Waals surface area contributed by atoms with Crippen molar-refractivity contribution < 1.29 is 13.6 Å². The van der Waals surface area contributed by atoms with Gasteiger partial charge in [-0.3, -0.25) is 4.79 Å². The molecule has 192 valence electrons. The van der Waals surface area contributed by atoms with E-state index in [0.29, 0.717) is 24.1 Å². The fourth-order valence-corrected chi connectivity index (χ4v) is 5.73. The third-order valence-corrected chi connectivity index (χ3v) is 7.62. The SMILES string of the molecule is CC1CCCN(CCCNC(=O)c2ccc(-c3c(-c4ccc(F)cc4)ncn3C3CCCCC3)o2)C1. The van der Waals surface area contributed by atoms with Gasteiger partial charge in [-0.1, -0.05) is 26.2 Å². The predicted molar refractivity (Wildman–Crippen MR) is 139 cm³/mol. The van der Waals surface area contributed by atoms with E-state index in [-0.39, 0.29) is 11.7 Å². The number of amides is 1. The summed E-state index contributed by atoms with van der Waals surface area (Å²) in [4.78, 5) is 20.0. The summed E-state index contributed by atoms with van der Waals surface area (Å²) in [7, 11) is 0. The Balaban J connectivity index is 1.30. The van der Waals surface area contributed by atoms with Crippen LogP contribution < -0.4 is 5.32 Å². The van der Waals surface area contributed by atoms with Crippen molar-refractivity contribution in [3.8, 4) is 22.7 Å². The van der Waals surface area contributed by atoms with E-state index in [1.165, 1.54) is 44.2 Å². The van der Waals surface area contributed by atoms with Crippen LogP contribution in [-0.2, 0) is 0 Å². The zero-order valence-electron chi connectivity index (χ0n) is 21.2. The number of nitrogens with zero attached hydrogens (tertiary/aromatic N) is 3. The van der Waals surface area contributed by atoms with E-state index in [1.54, 1.807) is 18.2 Å². The van der Waals surface area contributed by atoms with Crippen molar-refractivity contribution in [3.63, 3.8) is 0 Å². The Bertz CT molecular complexity index is 1150. The maximum Gasteiger partial charge on any atom is 0.287 e. The molecule has 2 aromatic heterocycles. The summed E-state index contributed by atoms with van der Waals surface area (Å²) >= 11 is 0. The normalized spacial score (nSPS) is 19.4. The largest absolute Gasteiger partial charge is 0.449 e. The van der Waals surface area contributed by atoms with Crippen molar-refractivity contribution in [3.05, 3.63) is 54.3 Å².